The lowest BCUT2D eigenvalue weighted by Gasteiger charge is -2.06. The van der Waals surface area contributed by atoms with Gasteiger partial charge in [-0.1, -0.05) is 36.3 Å². The maximum Gasteiger partial charge on any atom is 0.458 e. The van der Waals surface area contributed by atoms with Crippen molar-refractivity contribution in [1.82, 2.24) is 0 Å². The molecule has 20 heavy (non-hydrogen) atoms. The molecule has 4 heteroatoms. The third kappa shape index (κ3) is 4.69. The van der Waals surface area contributed by atoms with Crippen molar-refractivity contribution >= 4 is 0 Å². The van der Waals surface area contributed by atoms with E-state index in [1.807, 2.05) is 30.3 Å². The van der Waals surface area contributed by atoms with Crippen LogP contribution in [0, 0.1) is 11.8 Å². The average molecular weight is 276 g/mol. The topological polar surface area (TPSA) is 9.23 Å². The average Bonchev–Trinajstić information content (AvgIpc) is 2.44. The normalized spacial score (nSPS) is 10.6. The van der Waals surface area contributed by atoms with E-state index in [1.165, 1.54) is 18.1 Å². The fourth-order valence-electron chi connectivity index (χ4n) is 1.52. The summed E-state index contributed by atoms with van der Waals surface area (Å²) in [6.45, 7) is 0.411. The number of ether oxygens (including phenoxy) is 1. The van der Waals surface area contributed by atoms with E-state index in [1.54, 1.807) is 12.1 Å². The van der Waals surface area contributed by atoms with E-state index in [2.05, 4.69) is 5.92 Å². The van der Waals surface area contributed by atoms with Crippen molar-refractivity contribution in [2.24, 2.45) is 0 Å². The Morgan fingerprint density at radius 1 is 0.900 bits per heavy atom. The van der Waals surface area contributed by atoms with Gasteiger partial charge in [-0.05, 0) is 29.8 Å². The molecule has 0 atom stereocenters. The van der Waals surface area contributed by atoms with Crippen molar-refractivity contribution in [2.75, 3.05) is 0 Å². The Balaban J connectivity index is 1.96. The van der Waals surface area contributed by atoms with Crippen molar-refractivity contribution in [1.29, 1.82) is 0 Å². The molecule has 0 saturated heterocycles. The molecule has 2 aromatic rings. The molecule has 0 aromatic heterocycles. The summed E-state index contributed by atoms with van der Waals surface area (Å²) >= 11 is 0. The SMILES string of the molecule is FC(F)(F)C#Cc1ccc(OCc2ccccc2)cc1. The molecule has 0 spiro atoms. The lowest BCUT2D eigenvalue weighted by molar-refractivity contribution is -0.0696. The van der Waals surface area contributed by atoms with E-state index in [-0.39, 0.29) is 0 Å². The van der Waals surface area contributed by atoms with Crippen molar-refractivity contribution in [2.45, 2.75) is 12.8 Å². The van der Waals surface area contributed by atoms with Gasteiger partial charge in [-0.15, -0.1) is 0 Å². The number of alkyl halides is 3. The minimum absolute atomic E-state index is 0.300. The molecule has 0 aliphatic carbocycles. The molecule has 2 rings (SSSR count). The molecule has 0 aliphatic heterocycles. The molecule has 0 amide bonds. The maximum atomic E-state index is 11.9. The van der Waals surface area contributed by atoms with Crippen LogP contribution in [-0.2, 0) is 6.61 Å². The van der Waals surface area contributed by atoms with Gasteiger partial charge in [-0.25, -0.2) is 0 Å². The molecule has 2 aromatic carbocycles. The number of benzene rings is 2. The van der Waals surface area contributed by atoms with Crippen LogP contribution in [0.4, 0.5) is 13.2 Å². The summed E-state index contributed by atoms with van der Waals surface area (Å²) in [5, 5.41) is 0. The Morgan fingerprint density at radius 2 is 1.55 bits per heavy atom. The van der Waals surface area contributed by atoms with Crippen LogP contribution in [0.5, 0.6) is 5.75 Å². The summed E-state index contributed by atoms with van der Waals surface area (Å²) in [5.74, 6) is 3.87. The van der Waals surface area contributed by atoms with E-state index < -0.39 is 6.18 Å². The fourth-order valence-corrected chi connectivity index (χ4v) is 1.52. The van der Waals surface area contributed by atoms with Crippen LogP contribution in [0.25, 0.3) is 0 Å². The minimum Gasteiger partial charge on any atom is -0.489 e. The summed E-state index contributed by atoms with van der Waals surface area (Å²) < 4.78 is 41.3. The van der Waals surface area contributed by atoms with Crippen LogP contribution >= 0.6 is 0 Å². The van der Waals surface area contributed by atoms with Gasteiger partial charge < -0.3 is 4.74 Å². The van der Waals surface area contributed by atoms with Crippen LogP contribution in [0.2, 0.25) is 0 Å². The summed E-state index contributed by atoms with van der Waals surface area (Å²) in [6, 6.07) is 15.8. The van der Waals surface area contributed by atoms with Crippen LogP contribution < -0.4 is 4.74 Å². The number of halogens is 3. The van der Waals surface area contributed by atoms with E-state index in [0.29, 0.717) is 17.9 Å². The lowest BCUT2D eigenvalue weighted by Crippen LogP contribution is -2.01. The van der Waals surface area contributed by atoms with Crippen LogP contribution in [0.1, 0.15) is 11.1 Å². The van der Waals surface area contributed by atoms with E-state index in [0.717, 1.165) is 5.56 Å². The molecule has 0 fully saturated rings. The predicted molar refractivity (Wildman–Crippen MR) is 70.1 cm³/mol. The Kier molecular flexibility index (Phi) is 4.31. The summed E-state index contributed by atoms with van der Waals surface area (Å²) in [5.41, 5.74) is 1.32. The second-order valence-electron chi connectivity index (χ2n) is 4.05. The van der Waals surface area contributed by atoms with Gasteiger partial charge in [0.2, 0.25) is 0 Å². The highest BCUT2D eigenvalue weighted by Crippen LogP contribution is 2.15. The predicted octanol–water partition coefficient (Wildman–Crippen LogP) is 4.18. The van der Waals surface area contributed by atoms with Crippen molar-refractivity contribution in [3.63, 3.8) is 0 Å². The zero-order chi connectivity index (χ0) is 14.4. The summed E-state index contributed by atoms with van der Waals surface area (Å²) in [4.78, 5) is 0. The smallest absolute Gasteiger partial charge is 0.458 e. The molecule has 102 valence electrons. The van der Waals surface area contributed by atoms with Crippen molar-refractivity contribution in [3.8, 4) is 17.6 Å². The lowest BCUT2D eigenvalue weighted by atomic mass is 10.2. The Bertz CT molecular complexity index is 604. The zero-order valence-corrected chi connectivity index (χ0v) is 10.4. The van der Waals surface area contributed by atoms with Gasteiger partial charge in [0.05, 0.1) is 0 Å². The third-order valence-corrected chi connectivity index (χ3v) is 2.45. The first-order valence-electron chi connectivity index (χ1n) is 5.90. The largest absolute Gasteiger partial charge is 0.489 e. The number of rotatable bonds is 3. The molecule has 0 heterocycles. The first kappa shape index (κ1) is 14.0. The summed E-state index contributed by atoms with van der Waals surface area (Å²) in [6.07, 6.45) is -4.47. The van der Waals surface area contributed by atoms with E-state index >= 15 is 0 Å². The van der Waals surface area contributed by atoms with Gasteiger partial charge in [0.15, 0.2) is 0 Å². The quantitative estimate of drug-likeness (QED) is 0.764. The molecule has 1 nitrogen and oxygen atoms in total. The summed E-state index contributed by atoms with van der Waals surface area (Å²) in [7, 11) is 0. The van der Waals surface area contributed by atoms with Gasteiger partial charge in [-0.2, -0.15) is 13.2 Å². The van der Waals surface area contributed by atoms with Gasteiger partial charge in [0.25, 0.3) is 0 Å². The molecule has 0 unspecified atom stereocenters. The number of hydrogen-bond donors (Lipinski definition) is 0. The minimum atomic E-state index is -4.47. The number of hydrogen-bond acceptors (Lipinski definition) is 1. The molecule has 0 saturated carbocycles. The molecule has 0 bridgehead atoms. The second-order valence-corrected chi connectivity index (χ2v) is 4.05. The third-order valence-electron chi connectivity index (χ3n) is 2.45. The highest BCUT2D eigenvalue weighted by Gasteiger charge is 2.22. The first-order valence-corrected chi connectivity index (χ1v) is 5.90. The second kappa shape index (κ2) is 6.16. The van der Waals surface area contributed by atoms with Crippen molar-refractivity contribution in [3.05, 3.63) is 65.7 Å². The molecular weight excluding hydrogens is 265 g/mol. The standard InChI is InChI=1S/C16H11F3O/c17-16(18,19)11-10-13-6-8-15(9-7-13)20-12-14-4-2-1-3-5-14/h1-9H,12H2. The first-order chi connectivity index (χ1) is 9.53. The highest BCUT2D eigenvalue weighted by molar-refractivity contribution is 5.39. The van der Waals surface area contributed by atoms with Gasteiger partial charge >= 0.3 is 6.18 Å². The highest BCUT2D eigenvalue weighted by atomic mass is 19.4. The monoisotopic (exact) mass is 276 g/mol. The van der Waals surface area contributed by atoms with E-state index in [4.69, 9.17) is 4.74 Å². The Morgan fingerprint density at radius 3 is 2.15 bits per heavy atom. The van der Waals surface area contributed by atoms with Gasteiger partial charge in [-0.3, -0.25) is 0 Å². The Labute approximate surface area is 115 Å². The van der Waals surface area contributed by atoms with Crippen molar-refractivity contribution < 1.29 is 17.9 Å². The molecule has 0 radical (unpaired) electrons. The van der Waals surface area contributed by atoms with Crippen LogP contribution in [0.15, 0.2) is 54.6 Å². The van der Waals surface area contributed by atoms with Gasteiger partial charge in [0.1, 0.15) is 12.4 Å². The van der Waals surface area contributed by atoms with E-state index in [9.17, 15) is 13.2 Å². The molecular formula is C16H11F3O. The Hall–Kier alpha value is -2.41. The maximum absolute atomic E-state index is 11.9. The van der Waals surface area contributed by atoms with Gasteiger partial charge in [0, 0.05) is 11.5 Å². The molecule has 0 aliphatic rings. The molecule has 0 N–H and O–H groups in total. The van der Waals surface area contributed by atoms with Crippen LogP contribution in [0.3, 0.4) is 0 Å². The zero-order valence-electron chi connectivity index (χ0n) is 10.4. The van der Waals surface area contributed by atoms with Crippen LogP contribution in [-0.4, -0.2) is 6.18 Å². The fraction of sp³-hybridized carbons (Fsp3) is 0.125.